The number of ether oxygens (including phenoxy) is 1. The predicted molar refractivity (Wildman–Crippen MR) is 84.0 cm³/mol. The number of rotatable bonds is 4. The van der Waals surface area contributed by atoms with Gasteiger partial charge in [0.05, 0.1) is 11.3 Å². The van der Waals surface area contributed by atoms with Crippen LogP contribution >= 0.6 is 15.9 Å². The summed E-state index contributed by atoms with van der Waals surface area (Å²) in [5.41, 5.74) is 0.901. The number of nitrogens with one attached hydrogen (secondary N) is 1. The molecule has 106 valence electrons. The maximum absolute atomic E-state index is 12.1. The van der Waals surface area contributed by atoms with E-state index in [-0.39, 0.29) is 5.91 Å². The largest absolute Gasteiger partial charge is 0.481 e. The number of anilines is 1. The molecule has 0 aliphatic rings. The van der Waals surface area contributed by atoms with Crippen LogP contribution in [0.4, 0.5) is 5.69 Å². The molecular weight excluding hydrogens is 332 g/mol. The fourth-order valence-electron chi connectivity index (χ4n) is 1.69. The van der Waals surface area contributed by atoms with Gasteiger partial charge >= 0.3 is 0 Å². The van der Waals surface area contributed by atoms with Crippen molar-refractivity contribution in [3.63, 3.8) is 0 Å². The van der Waals surface area contributed by atoms with Crippen LogP contribution in [0.25, 0.3) is 0 Å². The van der Waals surface area contributed by atoms with E-state index >= 15 is 0 Å². The lowest BCUT2D eigenvalue weighted by Crippen LogP contribution is -2.30. The third kappa shape index (κ3) is 4.07. The van der Waals surface area contributed by atoms with Crippen LogP contribution in [0, 0.1) is 11.3 Å². The second kappa shape index (κ2) is 6.91. The summed E-state index contributed by atoms with van der Waals surface area (Å²) < 4.78 is 6.50. The summed E-state index contributed by atoms with van der Waals surface area (Å²) in [6, 6.07) is 16.1. The van der Waals surface area contributed by atoms with Crippen LogP contribution in [-0.4, -0.2) is 12.0 Å². The monoisotopic (exact) mass is 344 g/mol. The number of carbonyl (C=O) groups is 1. The molecule has 21 heavy (non-hydrogen) atoms. The van der Waals surface area contributed by atoms with E-state index in [0.29, 0.717) is 17.0 Å². The van der Waals surface area contributed by atoms with Crippen LogP contribution in [0.1, 0.15) is 12.5 Å². The van der Waals surface area contributed by atoms with Crippen LogP contribution in [0.5, 0.6) is 5.75 Å². The number of nitrogens with zero attached hydrogens (tertiary/aromatic N) is 1. The molecule has 0 unspecified atom stereocenters. The Morgan fingerprint density at radius 2 is 1.90 bits per heavy atom. The van der Waals surface area contributed by atoms with Gasteiger partial charge in [-0.3, -0.25) is 4.79 Å². The molecule has 0 saturated carbocycles. The Morgan fingerprint density at radius 3 is 2.57 bits per heavy atom. The minimum absolute atomic E-state index is 0.305. The summed E-state index contributed by atoms with van der Waals surface area (Å²) in [6.07, 6.45) is -0.669. The lowest BCUT2D eigenvalue weighted by atomic mass is 10.2. The van der Waals surface area contributed by atoms with Crippen LogP contribution in [-0.2, 0) is 4.79 Å². The smallest absolute Gasteiger partial charge is 0.265 e. The van der Waals surface area contributed by atoms with E-state index in [1.54, 1.807) is 43.3 Å². The van der Waals surface area contributed by atoms with Gasteiger partial charge in [0.2, 0.25) is 0 Å². The van der Waals surface area contributed by atoms with Crippen molar-refractivity contribution >= 4 is 27.5 Å². The van der Waals surface area contributed by atoms with Crippen molar-refractivity contribution in [1.29, 1.82) is 5.26 Å². The first-order chi connectivity index (χ1) is 10.1. The predicted octanol–water partition coefficient (Wildman–Crippen LogP) is 3.73. The number of hydrogen-bond donors (Lipinski definition) is 1. The highest BCUT2D eigenvalue weighted by atomic mass is 79.9. The molecule has 0 saturated heterocycles. The number of carbonyl (C=O) groups excluding carboxylic acids is 1. The van der Waals surface area contributed by atoms with Crippen LogP contribution in [0.3, 0.4) is 0 Å². The molecule has 0 fully saturated rings. The van der Waals surface area contributed by atoms with E-state index in [1.165, 1.54) is 0 Å². The van der Waals surface area contributed by atoms with Crippen molar-refractivity contribution in [3.8, 4) is 11.8 Å². The van der Waals surface area contributed by atoms with E-state index in [1.807, 2.05) is 18.2 Å². The SMILES string of the molecule is C[C@@H](Oc1ccc(Br)cc1)C(=O)Nc1ccccc1C#N. The van der Waals surface area contributed by atoms with E-state index in [2.05, 4.69) is 21.2 Å². The van der Waals surface area contributed by atoms with Crippen molar-refractivity contribution in [2.24, 2.45) is 0 Å². The summed E-state index contributed by atoms with van der Waals surface area (Å²) >= 11 is 3.34. The summed E-state index contributed by atoms with van der Waals surface area (Å²) in [4.78, 5) is 12.1. The molecule has 0 spiro atoms. The Balaban J connectivity index is 2.03. The molecule has 0 aliphatic carbocycles. The first kappa shape index (κ1) is 15.1. The third-order valence-electron chi connectivity index (χ3n) is 2.80. The van der Waals surface area contributed by atoms with Gasteiger partial charge in [0, 0.05) is 4.47 Å². The van der Waals surface area contributed by atoms with Gasteiger partial charge in [-0.1, -0.05) is 28.1 Å². The van der Waals surface area contributed by atoms with Crippen molar-refractivity contribution < 1.29 is 9.53 Å². The van der Waals surface area contributed by atoms with Crippen molar-refractivity contribution in [2.75, 3.05) is 5.32 Å². The van der Waals surface area contributed by atoms with Crippen molar-refractivity contribution in [2.45, 2.75) is 13.0 Å². The first-order valence-corrected chi connectivity index (χ1v) is 7.11. The topological polar surface area (TPSA) is 62.1 Å². The molecule has 0 bridgehead atoms. The van der Waals surface area contributed by atoms with Crippen molar-refractivity contribution in [3.05, 3.63) is 58.6 Å². The van der Waals surface area contributed by atoms with Gasteiger partial charge in [-0.25, -0.2) is 0 Å². The highest BCUT2D eigenvalue weighted by molar-refractivity contribution is 9.10. The lowest BCUT2D eigenvalue weighted by Gasteiger charge is -2.15. The molecule has 0 radical (unpaired) electrons. The van der Waals surface area contributed by atoms with Crippen LogP contribution in [0.2, 0.25) is 0 Å². The van der Waals surface area contributed by atoms with Gasteiger partial charge in [0.1, 0.15) is 11.8 Å². The Morgan fingerprint density at radius 1 is 1.24 bits per heavy atom. The lowest BCUT2D eigenvalue weighted by molar-refractivity contribution is -0.122. The standard InChI is InChI=1S/C16H13BrN2O2/c1-11(21-14-8-6-13(17)7-9-14)16(20)19-15-5-3-2-4-12(15)10-18/h2-9,11H,1H3,(H,19,20)/t11-/m1/s1. The second-order valence-electron chi connectivity index (χ2n) is 4.36. The zero-order valence-electron chi connectivity index (χ0n) is 11.3. The van der Waals surface area contributed by atoms with Crippen molar-refractivity contribution in [1.82, 2.24) is 0 Å². The van der Waals surface area contributed by atoms with Crippen LogP contribution < -0.4 is 10.1 Å². The summed E-state index contributed by atoms with van der Waals surface area (Å²) in [5.74, 6) is 0.301. The molecule has 5 heteroatoms. The van der Waals surface area contributed by atoms with E-state index in [4.69, 9.17) is 10.00 Å². The summed E-state index contributed by atoms with van der Waals surface area (Å²) in [5, 5.41) is 11.7. The first-order valence-electron chi connectivity index (χ1n) is 6.32. The molecule has 2 aromatic carbocycles. The molecule has 2 aromatic rings. The van der Waals surface area contributed by atoms with E-state index in [9.17, 15) is 4.79 Å². The number of amides is 1. The maximum atomic E-state index is 12.1. The third-order valence-corrected chi connectivity index (χ3v) is 3.33. The number of hydrogen-bond acceptors (Lipinski definition) is 3. The van der Waals surface area contributed by atoms with Crippen LogP contribution in [0.15, 0.2) is 53.0 Å². The molecule has 2 rings (SSSR count). The normalized spacial score (nSPS) is 11.3. The second-order valence-corrected chi connectivity index (χ2v) is 5.28. The van der Waals surface area contributed by atoms with Gasteiger partial charge in [0.25, 0.3) is 5.91 Å². The average molecular weight is 345 g/mol. The molecular formula is C16H13BrN2O2. The minimum Gasteiger partial charge on any atom is -0.481 e. The number of para-hydroxylation sites is 1. The zero-order valence-corrected chi connectivity index (χ0v) is 12.9. The quantitative estimate of drug-likeness (QED) is 0.919. The molecule has 1 amide bonds. The zero-order chi connectivity index (χ0) is 15.2. The van der Waals surface area contributed by atoms with Gasteiger partial charge in [-0.05, 0) is 43.3 Å². The number of halogens is 1. The Labute approximate surface area is 131 Å². The van der Waals surface area contributed by atoms with Gasteiger partial charge in [0.15, 0.2) is 6.10 Å². The highest BCUT2D eigenvalue weighted by Gasteiger charge is 2.16. The van der Waals surface area contributed by atoms with Gasteiger partial charge < -0.3 is 10.1 Å². The van der Waals surface area contributed by atoms with E-state index < -0.39 is 6.10 Å². The highest BCUT2D eigenvalue weighted by Crippen LogP contribution is 2.18. The Hall–Kier alpha value is -2.32. The number of benzene rings is 2. The Kier molecular flexibility index (Phi) is 4.96. The molecule has 0 aromatic heterocycles. The fraction of sp³-hybridized carbons (Fsp3) is 0.125. The van der Waals surface area contributed by atoms with Gasteiger partial charge in [-0.2, -0.15) is 5.26 Å². The Bertz CT molecular complexity index is 677. The molecule has 1 atom stereocenters. The van der Waals surface area contributed by atoms with Gasteiger partial charge in [-0.15, -0.1) is 0 Å². The summed E-state index contributed by atoms with van der Waals surface area (Å²) in [7, 11) is 0. The molecule has 1 N–H and O–H groups in total. The molecule has 0 aliphatic heterocycles. The number of nitriles is 1. The average Bonchev–Trinajstić information content (AvgIpc) is 2.50. The van der Waals surface area contributed by atoms with E-state index in [0.717, 1.165) is 4.47 Å². The maximum Gasteiger partial charge on any atom is 0.265 e. The molecule has 0 heterocycles. The summed E-state index contributed by atoms with van der Waals surface area (Å²) in [6.45, 7) is 1.66. The minimum atomic E-state index is -0.669. The molecule has 4 nitrogen and oxygen atoms in total. The fourth-order valence-corrected chi connectivity index (χ4v) is 1.96.